The van der Waals surface area contributed by atoms with Gasteiger partial charge in [-0.15, -0.1) is 0 Å². The van der Waals surface area contributed by atoms with E-state index in [1.54, 1.807) is 0 Å². The second kappa shape index (κ2) is 5.57. The van der Waals surface area contributed by atoms with Gasteiger partial charge in [-0.1, -0.05) is 41.4 Å². The molecular formula is C15H18ClN3. The molecule has 0 bridgehead atoms. The number of hydrogen-bond donors (Lipinski definition) is 0. The van der Waals surface area contributed by atoms with Crippen molar-refractivity contribution in [2.24, 2.45) is 0 Å². The second-order valence-electron chi connectivity index (χ2n) is 4.85. The van der Waals surface area contributed by atoms with Gasteiger partial charge in [-0.25, -0.2) is 9.97 Å². The summed E-state index contributed by atoms with van der Waals surface area (Å²) in [5, 5.41) is 0.457. The lowest BCUT2D eigenvalue weighted by Crippen LogP contribution is -2.19. The van der Waals surface area contributed by atoms with Crippen LogP contribution in [0.2, 0.25) is 5.15 Å². The summed E-state index contributed by atoms with van der Waals surface area (Å²) in [4.78, 5) is 10.9. The van der Waals surface area contributed by atoms with Crippen molar-refractivity contribution in [1.29, 1.82) is 0 Å². The molecule has 0 fully saturated rings. The van der Waals surface area contributed by atoms with Gasteiger partial charge in [-0.05, 0) is 26.3 Å². The Balaban J connectivity index is 2.25. The summed E-state index contributed by atoms with van der Waals surface area (Å²) in [6.45, 7) is 6.71. The Kier molecular flexibility index (Phi) is 4.05. The quantitative estimate of drug-likeness (QED) is 0.855. The molecule has 0 saturated carbocycles. The van der Waals surface area contributed by atoms with Crippen molar-refractivity contribution in [1.82, 2.24) is 9.97 Å². The Morgan fingerprint density at radius 1 is 1.11 bits per heavy atom. The highest BCUT2D eigenvalue weighted by atomic mass is 35.5. The smallest absolute Gasteiger partial charge is 0.171 e. The van der Waals surface area contributed by atoms with Crippen molar-refractivity contribution in [2.45, 2.75) is 27.3 Å². The largest absolute Gasteiger partial charge is 0.353 e. The van der Waals surface area contributed by atoms with Crippen molar-refractivity contribution >= 4 is 17.4 Å². The van der Waals surface area contributed by atoms with Crippen LogP contribution in [-0.2, 0) is 6.54 Å². The molecule has 3 nitrogen and oxygen atoms in total. The molecular weight excluding hydrogens is 258 g/mol. The summed E-state index contributed by atoms with van der Waals surface area (Å²) in [7, 11) is 1.98. The molecule has 2 aromatic rings. The van der Waals surface area contributed by atoms with E-state index in [1.807, 2.05) is 25.8 Å². The lowest BCUT2D eigenvalue weighted by atomic mass is 10.1. The number of hydrogen-bond acceptors (Lipinski definition) is 3. The molecule has 0 spiro atoms. The fourth-order valence-corrected chi connectivity index (χ4v) is 2.28. The predicted molar refractivity (Wildman–Crippen MR) is 79.8 cm³/mol. The third-order valence-corrected chi connectivity index (χ3v) is 3.36. The molecule has 0 amide bonds. The molecule has 0 N–H and O–H groups in total. The van der Waals surface area contributed by atoms with Gasteiger partial charge in [-0.2, -0.15) is 0 Å². The monoisotopic (exact) mass is 275 g/mol. The molecule has 0 aliphatic rings. The molecule has 19 heavy (non-hydrogen) atoms. The first-order chi connectivity index (χ1) is 8.97. The zero-order chi connectivity index (χ0) is 14.0. The normalized spacial score (nSPS) is 10.6. The molecule has 4 heteroatoms. The topological polar surface area (TPSA) is 29.0 Å². The van der Waals surface area contributed by atoms with Gasteiger partial charge in [0.25, 0.3) is 0 Å². The molecule has 100 valence electrons. The molecule has 1 aromatic carbocycles. The van der Waals surface area contributed by atoms with Crippen LogP contribution >= 0.6 is 11.6 Å². The van der Waals surface area contributed by atoms with E-state index in [1.165, 1.54) is 11.1 Å². The average molecular weight is 276 g/mol. The molecule has 0 saturated heterocycles. The van der Waals surface area contributed by atoms with E-state index >= 15 is 0 Å². The van der Waals surface area contributed by atoms with Gasteiger partial charge in [0.05, 0.1) is 11.4 Å². The van der Waals surface area contributed by atoms with E-state index in [4.69, 9.17) is 11.6 Å². The Bertz CT molecular complexity index is 596. The van der Waals surface area contributed by atoms with E-state index in [2.05, 4.69) is 41.2 Å². The van der Waals surface area contributed by atoms with Crippen LogP contribution in [0.1, 0.15) is 22.5 Å². The Morgan fingerprint density at radius 3 is 2.47 bits per heavy atom. The van der Waals surface area contributed by atoms with E-state index in [0.29, 0.717) is 5.15 Å². The third kappa shape index (κ3) is 3.24. The van der Waals surface area contributed by atoms with Gasteiger partial charge in [0.2, 0.25) is 0 Å². The zero-order valence-corrected chi connectivity index (χ0v) is 12.5. The van der Waals surface area contributed by atoms with Crippen LogP contribution in [0.4, 0.5) is 5.82 Å². The molecule has 0 unspecified atom stereocenters. The maximum atomic E-state index is 6.18. The highest BCUT2D eigenvalue weighted by Gasteiger charge is 2.12. The fraction of sp³-hybridized carbons (Fsp3) is 0.333. The van der Waals surface area contributed by atoms with Crippen LogP contribution in [-0.4, -0.2) is 17.0 Å². The van der Waals surface area contributed by atoms with Gasteiger partial charge in [0.15, 0.2) is 11.0 Å². The van der Waals surface area contributed by atoms with Crippen LogP contribution in [0, 0.1) is 20.8 Å². The van der Waals surface area contributed by atoms with Crippen molar-refractivity contribution in [2.75, 3.05) is 11.9 Å². The maximum absolute atomic E-state index is 6.18. The fourth-order valence-electron chi connectivity index (χ4n) is 1.97. The van der Waals surface area contributed by atoms with Crippen molar-refractivity contribution in [3.8, 4) is 0 Å². The Labute approximate surface area is 119 Å². The van der Waals surface area contributed by atoms with Crippen LogP contribution in [0.15, 0.2) is 24.3 Å². The van der Waals surface area contributed by atoms with Crippen LogP contribution < -0.4 is 4.90 Å². The summed E-state index contributed by atoms with van der Waals surface area (Å²) in [5.41, 5.74) is 4.27. The van der Waals surface area contributed by atoms with Gasteiger partial charge < -0.3 is 4.90 Å². The molecule has 0 radical (unpaired) electrons. The summed E-state index contributed by atoms with van der Waals surface area (Å²) < 4.78 is 0. The summed E-state index contributed by atoms with van der Waals surface area (Å²) in [5.74, 6) is 0.728. The van der Waals surface area contributed by atoms with E-state index in [0.717, 1.165) is 23.8 Å². The minimum absolute atomic E-state index is 0.457. The number of aromatic nitrogens is 2. The summed E-state index contributed by atoms with van der Waals surface area (Å²) in [6, 6.07) is 8.42. The molecule has 0 atom stereocenters. The number of aryl methyl sites for hydroxylation is 3. The number of nitrogens with zero attached hydrogens (tertiary/aromatic N) is 3. The molecule has 1 aromatic heterocycles. The SMILES string of the molecule is Cc1cccc(CN(C)c2nc(C)c(C)nc2Cl)c1. The van der Waals surface area contributed by atoms with Crippen molar-refractivity contribution in [3.63, 3.8) is 0 Å². The van der Waals surface area contributed by atoms with Gasteiger partial charge in [-0.3, -0.25) is 0 Å². The lowest BCUT2D eigenvalue weighted by Gasteiger charge is -2.20. The van der Waals surface area contributed by atoms with Crippen molar-refractivity contribution < 1.29 is 0 Å². The number of rotatable bonds is 3. The number of benzene rings is 1. The Morgan fingerprint density at radius 2 is 1.79 bits per heavy atom. The van der Waals surface area contributed by atoms with Gasteiger partial charge in [0.1, 0.15) is 0 Å². The standard InChI is InChI=1S/C15H18ClN3/c1-10-6-5-7-13(8-10)9-19(4)15-14(16)17-11(2)12(3)18-15/h5-8H,9H2,1-4H3. The third-order valence-electron chi connectivity index (χ3n) is 3.11. The minimum atomic E-state index is 0.457. The van der Waals surface area contributed by atoms with E-state index in [-0.39, 0.29) is 0 Å². The van der Waals surface area contributed by atoms with E-state index in [9.17, 15) is 0 Å². The van der Waals surface area contributed by atoms with E-state index < -0.39 is 0 Å². The summed E-state index contributed by atoms with van der Waals surface area (Å²) >= 11 is 6.18. The summed E-state index contributed by atoms with van der Waals surface area (Å²) in [6.07, 6.45) is 0. The molecule has 1 heterocycles. The zero-order valence-electron chi connectivity index (χ0n) is 11.7. The highest BCUT2D eigenvalue weighted by molar-refractivity contribution is 6.31. The lowest BCUT2D eigenvalue weighted by molar-refractivity contribution is 0.875. The minimum Gasteiger partial charge on any atom is -0.353 e. The number of halogens is 1. The first-order valence-corrected chi connectivity index (χ1v) is 6.62. The molecule has 0 aliphatic carbocycles. The highest BCUT2D eigenvalue weighted by Crippen LogP contribution is 2.23. The predicted octanol–water partition coefficient (Wildman–Crippen LogP) is 3.69. The first kappa shape index (κ1) is 13.8. The number of anilines is 1. The van der Waals surface area contributed by atoms with Crippen LogP contribution in [0.25, 0.3) is 0 Å². The molecule has 0 aliphatic heterocycles. The van der Waals surface area contributed by atoms with Crippen LogP contribution in [0.5, 0.6) is 0 Å². The maximum Gasteiger partial charge on any atom is 0.171 e. The average Bonchev–Trinajstić information content (AvgIpc) is 2.33. The Hall–Kier alpha value is -1.61. The molecule has 2 rings (SSSR count). The van der Waals surface area contributed by atoms with Gasteiger partial charge in [0, 0.05) is 13.6 Å². The van der Waals surface area contributed by atoms with Crippen LogP contribution in [0.3, 0.4) is 0 Å². The first-order valence-electron chi connectivity index (χ1n) is 6.25. The van der Waals surface area contributed by atoms with Gasteiger partial charge >= 0.3 is 0 Å². The second-order valence-corrected chi connectivity index (χ2v) is 5.21. The van der Waals surface area contributed by atoms with Crippen molar-refractivity contribution in [3.05, 3.63) is 51.9 Å².